The van der Waals surface area contributed by atoms with Gasteiger partial charge in [-0.15, -0.1) is 0 Å². The lowest BCUT2D eigenvalue weighted by atomic mass is 9.99. The number of aliphatic carboxylic acids is 1. The maximum atomic E-state index is 12.2. The van der Waals surface area contributed by atoms with Crippen LogP contribution in [0.2, 0.25) is 0 Å². The minimum atomic E-state index is -0.835. The minimum Gasteiger partial charge on any atom is -0.481 e. The molecule has 1 fully saturated rings. The highest BCUT2D eigenvalue weighted by atomic mass is 16.4. The molecule has 6 nitrogen and oxygen atoms in total. The molecule has 1 aliphatic heterocycles. The lowest BCUT2D eigenvalue weighted by Crippen LogP contribution is -2.46. The number of hydrogen-bond acceptors (Lipinski definition) is 3. The van der Waals surface area contributed by atoms with Crippen molar-refractivity contribution in [2.24, 2.45) is 5.92 Å². The highest BCUT2D eigenvalue weighted by Gasteiger charge is 2.27. The number of hydrogen-bond donors (Lipinski definition) is 2. The lowest BCUT2D eigenvalue weighted by molar-refractivity contribution is -0.143. The number of carboxylic acid groups (broad SMARTS) is 1. The van der Waals surface area contributed by atoms with E-state index in [0.717, 1.165) is 23.0 Å². The van der Waals surface area contributed by atoms with Gasteiger partial charge in [0.1, 0.15) is 0 Å². The van der Waals surface area contributed by atoms with Crippen LogP contribution < -0.4 is 5.32 Å². The topological polar surface area (TPSA) is 82.5 Å². The van der Waals surface area contributed by atoms with Crippen molar-refractivity contribution >= 4 is 22.9 Å². The van der Waals surface area contributed by atoms with Gasteiger partial charge in [-0.3, -0.25) is 9.78 Å². The van der Waals surface area contributed by atoms with Gasteiger partial charge in [0, 0.05) is 18.5 Å². The SMILES string of the molecule is O=C(O)C1CCCN(C(=O)NCc2ccc3ccccc3n2)C1. The molecule has 2 aromatic rings. The second-order valence-electron chi connectivity index (χ2n) is 5.78. The third-order valence-electron chi connectivity index (χ3n) is 4.13. The van der Waals surface area contributed by atoms with E-state index in [9.17, 15) is 9.59 Å². The Hall–Kier alpha value is -2.63. The molecule has 0 spiro atoms. The molecule has 120 valence electrons. The van der Waals surface area contributed by atoms with Crippen LogP contribution in [0, 0.1) is 5.92 Å². The van der Waals surface area contributed by atoms with Gasteiger partial charge < -0.3 is 15.3 Å². The molecule has 1 saturated heterocycles. The van der Waals surface area contributed by atoms with Crippen LogP contribution in [0.1, 0.15) is 18.5 Å². The Bertz CT molecular complexity index is 732. The Kier molecular flexibility index (Phi) is 4.41. The summed E-state index contributed by atoms with van der Waals surface area (Å²) in [5, 5.41) is 13.0. The van der Waals surface area contributed by atoms with Crippen molar-refractivity contribution in [1.29, 1.82) is 0 Å². The number of pyridine rings is 1. The van der Waals surface area contributed by atoms with E-state index in [1.54, 1.807) is 4.90 Å². The van der Waals surface area contributed by atoms with Crippen molar-refractivity contribution in [3.8, 4) is 0 Å². The number of urea groups is 1. The fourth-order valence-corrected chi connectivity index (χ4v) is 2.85. The van der Waals surface area contributed by atoms with Gasteiger partial charge in [-0.1, -0.05) is 24.3 Å². The molecule has 0 radical (unpaired) electrons. The Morgan fingerprint density at radius 2 is 2.09 bits per heavy atom. The molecule has 1 aliphatic rings. The molecule has 0 bridgehead atoms. The quantitative estimate of drug-likeness (QED) is 0.910. The molecule has 1 aromatic carbocycles. The van der Waals surface area contributed by atoms with Gasteiger partial charge in [0.05, 0.1) is 23.7 Å². The number of aromatic nitrogens is 1. The first-order chi connectivity index (χ1) is 11.1. The Labute approximate surface area is 134 Å². The van der Waals surface area contributed by atoms with Crippen molar-refractivity contribution in [3.05, 3.63) is 42.1 Å². The zero-order valence-corrected chi connectivity index (χ0v) is 12.7. The largest absolute Gasteiger partial charge is 0.481 e. The van der Waals surface area contributed by atoms with Crippen molar-refractivity contribution in [3.63, 3.8) is 0 Å². The number of nitrogens with one attached hydrogen (secondary N) is 1. The monoisotopic (exact) mass is 313 g/mol. The zero-order chi connectivity index (χ0) is 16.2. The van der Waals surface area contributed by atoms with Gasteiger partial charge in [-0.05, 0) is 25.0 Å². The number of carboxylic acids is 1. The van der Waals surface area contributed by atoms with Crippen molar-refractivity contribution in [1.82, 2.24) is 15.2 Å². The van der Waals surface area contributed by atoms with E-state index in [4.69, 9.17) is 5.11 Å². The van der Waals surface area contributed by atoms with Crippen LogP contribution in [0.15, 0.2) is 36.4 Å². The molecule has 3 rings (SSSR count). The maximum Gasteiger partial charge on any atom is 0.317 e. The van der Waals surface area contributed by atoms with E-state index >= 15 is 0 Å². The highest BCUT2D eigenvalue weighted by molar-refractivity contribution is 5.79. The molecular formula is C17H19N3O3. The number of likely N-dealkylation sites (tertiary alicyclic amines) is 1. The average molecular weight is 313 g/mol. The first-order valence-corrected chi connectivity index (χ1v) is 7.74. The molecule has 2 N–H and O–H groups in total. The van der Waals surface area contributed by atoms with Crippen LogP contribution in [0.4, 0.5) is 4.79 Å². The fourth-order valence-electron chi connectivity index (χ4n) is 2.85. The maximum absolute atomic E-state index is 12.2. The average Bonchev–Trinajstić information content (AvgIpc) is 2.59. The minimum absolute atomic E-state index is 0.231. The Morgan fingerprint density at radius 1 is 1.26 bits per heavy atom. The van der Waals surface area contributed by atoms with E-state index in [-0.39, 0.29) is 12.6 Å². The number of piperidine rings is 1. The summed E-state index contributed by atoms with van der Waals surface area (Å²) in [7, 11) is 0. The van der Waals surface area contributed by atoms with Gasteiger partial charge in [-0.25, -0.2) is 4.79 Å². The number of rotatable bonds is 3. The van der Waals surface area contributed by atoms with Crippen LogP contribution in [0.25, 0.3) is 10.9 Å². The molecular weight excluding hydrogens is 294 g/mol. The van der Waals surface area contributed by atoms with E-state index in [1.807, 2.05) is 36.4 Å². The predicted molar refractivity (Wildman–Crippen MR) is 85.9 cm³/mol. The Morgan fingerprint density at radius 3 is 2.91 bits per heavy atom. The molecule has 6 heteroatoms. The standard InChI is InChI=1S/C17H19N3O3/c21-16(22)13-5-3-9-20(11-13)17(23)18-10-14-8-7-12-4-1-2-6-15(12)19-14/h1-2,4,6-8,13H,3,5,9-11H2,(H,18,23)(H,21,22). The van der Waals surface area contributed by atoms with E-state index < -0.39 is 11.9 Å². The van der Waals surface area contributed by atoms with Crippen LogP contribution in [0.5, 0.6) is 0 Å². The van der Waals surface area contributed by atoms with Crippen molar-refractivity contribution < 1.29 is 14.7 Å². The van der Waals surface area contributed by atoms with Gasteiger partial charge in [-0.2, -0.15) is 0 Å². The molecule has 1 unspecified atom stereocenters. The summed E-state index contributed by atoms with van der Waals surface area (Å²) in [5.41, 5.74) is 1.67. The van der Waals surface area contributed by atoms with Gasteiger partial charge in [0.25, 0.3) is 0 Å². The summed E-state index contributed by atoms with van der Waals surface area (Å²) in [6.07, 6.45) is 1.35. The number of para-hydroxylation sites is 1. The van der Waals surface area contributed by atoms with Crippen LogP contribution in [-0.4, -0.2) is 40.1 Å². The molecule has 1 atom stereocenters. The van der Waals surface area contributed by atoms with Gasteiger partial charge >= 0.3 is 12.0 Å². The third-order valence-corrected chi connectivity index (χ3v) is 4.13. The number of carbonyl (C=O) groups is 2. The third kappa shape index (κ3) is 3.59. The van der Waals surface area contributed by atoms with Crippen LogP contribution in [-0.2, 0) is 11.3 Å². The first kappa shape index (κ1) is 15.3. The molecule has 23 heavy (non-hydrogen) atoms. The number of benzene rings is 1. The predicted octanol–water partition coefficient (Wildman–Crippen LogP) is 2.24. The smallest absolute Gasteiger partial charge is 0.317 e. The number of nitrogens with zero attached hydrogens (tertiary/aromatic N) is 2. The second kappa shape index (κ2) is 6.64. The van der Waals surface area contributed by atoms with Crippen molar-refractivity contribution in [2.45, 2.75) is 19.4 Å². The summed E-state index contributed by atoms with van der Waals surface area (Å²) in [5.74, 6) is -1.30. The normalized spacial score (nSPS) is 17.9. The molecule has 2 heterocycles. The number of carbonyl (C=O) groups excluding carboxylic acids is 1. The molecule has 1 aromatic heterocycles. The summed E-state index contributed by atoms with van der Waals surface area (Å²) in [6, 6.07) is 11.4. The molecule has 2 amide bonds. The molecule has 0 aliphatic carbocycles. The number of fused-ring (bicyclic) bond motifs is 1. The second-order valence-corrected chi connectivity index (χ2v) is 5.78. The molecule has 0 saturated carbocycles. The summed E-state index contributed by atoms with van der Waals surface area (Å²) >= 11 is 0. The van der Waals surface area contributed by atoms with E-state index in [1.165, 1.54) is 0 Å². The van der Waals surface area contributed by atoms with Crippen LogP contribution >= 0.6 is 0 Å². The van der Waals surface area contributed by atoms with E-state index in [2.05, 4.69) is 10.3 Å². The summed E-state index contributed by atoms with van der Waals surface area (Å²) in [4.78, 5) is 29.3. The summed E-state index contributed by atoms with van der Waals surface area (Å²) < 4.78 is 0. The van der Waals surface area contributed by atoms with Gasteiger partial charge in [0.2, 0.25) is 0 Å². The lowest BCUT2D eigenvalue weighted by Gasteiger charge is -2.30. The van der Waals surface area contributed by atoms with Crippen LogP contribution in [0.3, 0.4) is 0 Å². The first-order valence-electron chi connectivity index (χ1n) is 7.74. The highest BCUT2D eigenvalue weighted by Crippen LogP contribution is 2.17. The fraction of sp³-hybridized carbons (Fsp3) is 0.353. The Balaban J connectivity index is 1.60. The van der Waals surface area contributed by atoms with Crippen molar-refractivity contribution in [2.75, 3.05) is 13.1 Å². The number of amides is 2. The van der Waals surface area contributed by atoms with Gasteiger partial charge in [0.15, 0.2) is 0 Å². The zero-order valence-electron chi connectivity index (χ0n) is 12.7. The summed E-state index contributed by atoms with van der Waals surface area (Å²) in [6.45, 7) is 1.20. The van der Waals surface area contributed by atoms with E-state index in [0.29, 0.717) is 19.5 Å².